The van der Waals surface area contributed by atoms with Gasteiger partial charge in [-0.1, -0.05) is 17.7 Å². The van der Waals surface area contributed by atoms with E-state index in [-0.39, 0.29) is 6.42 Å². The van der Waals surface area contributed by atoms with Crippen LogP contribution in [0.25, 0.3) is 0 Å². The molecule has 0 spiro atoms. The zero-order valence-corrected chi connectivity index (χ0v) is 9.71. The van der Waals surface area contributed by atoms with Gasteiger partial charge in [-0.25, -0.2) is 0 Å². The van der Waals surface area contributed by atoms with E-state index in [0.717, 1.165) is 13.0 Å². The Morgan fingerprint density at radius 3 is 2.94 bits per heavy atom. The first-order valence-electron chi connectivity index (χ1n) is 5.64. The molecule has 1 atom stereocenters. The molecule has 0 amide bonds. The van der Waals surface area contributed by atoms with E-state index in [9.17, 15) is 4.79 Å². The largest absolute Gasteiger partial charge is 0.481 e. The summed E-state index contributed by atoms with van der Waals surface area (Å²) in [5, 5.41) is 12.1. The van der Waals surface area contributed by atoms with Crippen molar-refractivity contribution in [3.8, 4) is 0 Å². The number of aryl methyl sites for hydroxylation is 2. The van der Waals surface area contributed by atoms with Crippen molar-refractivity contribution >= 4 is 11.7 Å². The second-order valence-electron chi connectivity index (χ2n) is 4.56. The van der Waals surface area contributed by atoms with Crippen LogP contribution in [0.2, 0.25) is 0 Å². The lowest BCUT2D eigenvalue weighted by Gasteiger charge is -2.10. The summed E-state index contributed by atoms with van der Waals surface area (Å²) in [7, 11) is 0. The molecule has 0 aromatic heterocycles. The number of hydrogen-bond acceptors (Lipinski definition) is 2. The van der Waals surface area contributed by atoms with Gasteiger partial charge in [-0.05, 0) is 31.4 Å². The number of carboxylic acids is 1. The predicted molar refractivity (Wildman–Crippen MR) is 64.0 cm³/mol. The van der Waals surface area contributed by atoms with Gasteiger partial charge in [0.15, 0.2) is 0 Å². The van der Waals surface area contributed by atoms with Gasteiger partial charge >= 0.3 is 5.97 Å². The minimum absolute atomic E-state index is 0.249. The summed E-state index contributed by atoms with van der Waals surface area (Å²) in [6.45, 7) is 5.05. The van der Waals surface area contributed by atoms with Crippen molar-refractivity contribution in [2.75, 3.05) is 11.9 Å². The Hall–Kier alpha value is -1.51. The fourth-order valence-corrected chi connectivity index (χ4v) is 2.45. The third kappa shape index (κ3) is 2.03. The molecule has 0 saturated heterocycles. The molecule has 0 radical (unpaired) electrons. The average molecular weight is 219 g/mol. The molecule has 1 heterocycles. The SMILES string of the molecule is Cc1cc(C)c2c(c1)C(CCC(=O)O)CN2. The standard InChI is InChI=1S/C13H17NO2/c1-8-5-9(2)13-11(6-8)10(7-14-13)3-4-12(15)16/h5-6,10,14H,3-4,7H2,1-2H3,(H,15,16). The molecule has 0 aliphatic carbocycles. The zero-order valence-electron chi connectivity index (χ0n) is 9.71. The van der Waals surface area contributed by atoms with Crippen molar-refractivity contribution in [1.82, 2.24) is 0 Å². The second kappa shape index (κ2) is 4.16. The van der Waals surface area contributed by atoms with Gasteiger partial charge in [0.1, 0.15) is 0 Å². The van der Waals surface area contributed by atoms with Crippen LogP contribution >= 0.6 is 0 Å². The third-order valence-electron chi connectivity index (χ3n) is 3.18. The summed E-state index contributed by atoms with van der Waals surface area (Å²) < 4.78 is 0. The normalized spacial score (nSPS) is 18.0. The van der Waals surface area contributed by atoms with Crippen LogP contribution in [0.3, 0.4) is 0 Å². The van der Waals surface area contributed by atoms with E-state index in [1.54, 1.807) is 0 Å². The molecule has 1 aliphatic rings. The number of carboxylic acid groups (broad SMARTS) is 1. The number of benzene rings is 1. The monoisotopic (exact) mass is 219 g/mol. The lowest BCUT2D eigenvalue weighted by molar-refractivity contribution is -0.137. The smallest absolute Gasteiger partial charge is 0.303 e. The van der Waals surface area contributed by atoms with Gasteiger partial charge in [0.25, 0.3) is 0 Å². The van der Waals surface area contributed by atoms with Crippen molar-refractivity contribution < 1.29 is 9.90 Å². The van der Waals surface area contributed by atoms with Crippen molar-refractivity contribution in [3.63, 3.8) is 0 Å². The van der Waals surface area contributed by atoms with E-state index in [4.69, 9.17) is 5.11 Å². The van der Waals surface area contributed by atoms with Gasteiger partial charge < -0.3 is 10.4 Å². The molecule has 0 bridgehead atoms. The number of hydrogen-bond donors (Lipinski definition) is 2. The number of nitrogens with one attached hydrogen (secondary N) is 1. The highest BCUT2D eigenvalue weighted by Crippen LogP contribution is 2.37. The molecular formula is C13H17NO2. The Morgan fingerprint density at radius 2 is 2.25 bits per heavy atom. The highest BCUT2D eigenvalue weighted by Gasteiger charge is 2.24. The number of anilines is 1. The molecule has 1 unspecified atom stereocenters. The molecule has 1 aromatic rings. The summed E-state index contributed by atoms with van der Waals surface area (Å²) in [5.41, 5.74) is 5.01. The van der Waals surface area contributed by atoms with Crippen molar-refractivity contribution in [2.45, 2.75) is 32.6 Å². The quantitative estimate of drug-likeness (QED) is 0.821. The highest BCUT2D eigenvalue weighted by atomic mass is 16.4. The molecule has 1 aliphatic heterocycles. The minimum Gasteiger partial charge on any atom is -0.481 e. The molecule has 3 heteroatoms. The lowest BCUT2D eigenvalue weighted by atomic mass is 9.93. The summed E-state index contributed by atoms with van der Waals surface area (Å²) in [6, 6.07) is 4.33. The van der Waals surface area contributed by atoms with Crippen LogP contribution in [-0.2, 0) is 4.79 Å². The Morgan fingerprint density at radius 1 is 1.50 bits per heavy atom. The van der Waals surface area contributed by atoms with E-state index in [1.165, 1.54) is 22.4 Å². The second-order valence-corrected chi connectivity index (χ2v) is 4.56. The average Bonchev–Trinajstić information content (AvgIpc) is 2.58. The first-order valence-corrected chi connectivity index (χ1v) is 5.64. The molecule has 3 nitrogen and oxygen atoms in total. The Kier molecular flexibility index (Phi) is 2.86. The summed E-state index contributed by atoms with van der Waals surface area (Å²) in [5.74, 6) is -0.359. The number of fused-ring (bicyclic) bond motifs is 1. The van der Waals surface area contributed by atoms with Gasteiger partial charge in [0.2, 0.25) is 0 Å². The third-order valence-corrected chi connectivity index (χ3v) is 3.18. The maximum absolute atomic E-state index is 10.6. The molecule has 2 rings (SSSR count). The first-order chi connectivity index (χ1) is 7.58. The van der Waals surface area contributed by atoms with Crippen molar-refractivity contribution in [2.24, 2.45) is 0 Å². The molecule has 0 saturated carbocycles. The number of rotatable bonds is 3. The van der Waals surface area contributed by atoms with Crippen LogP contribution in [0, 0.1) is 13.8 Å². The fraction of sp³-hybridized carbons (Fsp3) is 0.462. The first kappa shape index (κ1) is 11.0. The Labute approximate surface area is 95.5 Å². The minimum atomic E-state index is -0.710. The van der Waals surface area contributed by atoms with E-state index >= 15 is 0 Å². The molecule has 0 fully saturated rings. The predicted octanol–water partition coefficient (Wildman–Crippen LogP) is 2.68. The molecule has 1 aromatic carbocycles. The van der Waals surface area contributed by atoms with E-state index in [0.29, 0.717) is 5.92 Å². The summed E-state index contributed by atoms with van der Waals surface area (Å²) >= 11 is 0. The van der Waals surface area contributed by atoms with Crippen LogP contribution in [0.1, 0.15) is 35.4 Å². The topological polar surface area (TPSA) is 49.3 Å². The molecular weight excluding hydrogens is 202 g/mol. The van der Waals surface area contributed by atoms with E-state index in [1.807, 2.05) is 0 Å². The zero-order chi connectivity index (χ0) is 11.7. The number of carbonyl (C=O) groups is 1. The van der Waals surface area contributed by atoms with E-state index < -0.39 is 5.97 Å². The van der Waals surface area contributed by atoms with Gasteiger partial charge in [0, 0.05) is 24.6 Å². The van der Waals surface area contributed by atoms with Crippen LogP contribution in [0.5, 0.6) is 0 Å². The van der Waals surface area contributed by atoms with Gasteiger partial charge in [-0.3, -0.25) is 4.79 Å². The Bertz CT molecular complexity index is 426. The molecule has 86 valence electrons. The van der Waals surface area contributed by atoms with Crippen molar-refractivity contribution in [1.29, 1.82) is 0 Å². The maximum atomic E-state index is 10.6. The van der Waals surface area contributed by atoms with Crippen LogP contribution in [0.4, 0.5) is 5.69 Å². The highest BCUT2D eigenvalue weighted by molar-refractivity contribution is 5.68. The van der Waals surface area contributed by atoms with Gasteiger partial charge in [0.05, 0.1) is 0 Å². The lowest BCUT2D eigenvalue weighted by Crippen LogP contribution is -2.05. The van der Waals surface area contributed by atoms with E-state index in [2.05, 4.69) is 31.3 Å². The summed E-state index contributed by atoms with van der Waals surface area (Å²) in [4.78, 5) is 10.6. The fourth-order valence-electron chi connectivity index (χ4n) is 2.45. The molecule has 2 N–H and O–H groups in total. The van der Waals surface area contributed by atoms with Gasteiger partial charge in [-0.2, -0.15) is 0 Å². The molecule has 16 heavy (non-hydrogen) atoms. The Balaban J connectivity index is 2.22. The maximum Gasteiger partial charge on any atom is 0.303 e. The van der Waals surface area contributed by atoms with Crippen molar-refractivity contribution in [3.05, 3.63) is 28.8 Å². The van der Waals surface area contributed by atoms with Crippen LogP contribution in [-0.4, -0.2) is 17.6 Å². The number of aliphatic carboxylic acids is 1. The summed E-state index contributed by atoms with van der Waals surface area (Å²) in [6.07, 6.45) is 0.969. The van der Waals surface area contributed by atoms with Crippen LogP contribution < -0.4 is 5.32 Å². The van der Waals surface area contributed by atoms with Crippen LogP contribution in [0.15, 0.2) is 12.1 Å². The van der Waals surface area contributed by atoms with Gasteiger partial charge in [-0.15, -0.1) is 0 Å².